The summed E-state index contributed by atoms with van der Waals surface area (Å²) in [5, 5.41) is 19.2. The summed E-state index contributed by atoms with van der Waals surface area (Å²) < 4.78 is 0. The highest BCUT2D eigenvalue weighted by atomic mass is 16.3. The van der Waals surface area contributed by atoms with Gasteiger partial charge in [0, 0.05) is 20.1 Å². The molecule has 0 bridgehead atoms. The number of hydrogen-bond donors (Lipinski definition) is 2. The molecule has 2 N–H and O–H groups in total. The van der Waals surface area contributed by atoms with Crippen LogP contribution in [0.1, 0.15) is 24.2 Å². The molecule has 1 aliphatic heterocycles. The van der Waals surface area contributed by atoms with E-state index in [0.717, 1.165) is 0 Å². The van der Waals surface area contributed by atoms with Gasteiger partial charge >= 0.3 is 0 Å². The number of piperazine rings is 1. The largest absolute Gasteiger partial charge is 0.508 e. The number of benzene rings is 1. The number of carbonyl (C=O) groups excluding carboxylic acids is 2. The molecule has 108 valence electrons. The first-order valence-corrected chi connectivity index (χ1v) is 6.34. The third kappa shape index (κ3) is 2.17. The first-order chi connectivity index (χ1) is 9.25. The van der Waals surface area contributed by atoms with Gasteiger partial charge in [0.1, 0.15) is 17.0 Å². The van der Waals surface area contributed by atoms with Crippen molar-refractivity contribution in [3.05, 3.63) is 23.8 Å². The van der Waals surface area contributed by atoms with Gasteiger partial charge in [-0.1, -0.05) is 0 Å². The quantitative estimate of drug-likeness (QED) is 0.744. The number of hydrogen-bond acceptors (Lipinski definition) is 4. The molecule has 0 unspecified atom stereocenters. The van der Waals surface area contributed by atoms with Crippen molar-refractivity contribution in [2.45, 2.75) is 19.4 Å². The fraction of sp³-hybridized carbons (Fsp3) is 0.429. The Balaban J connectivity index is 2.38. The van der Waals surface area contributed by atoms with Gasteiger partial charge in [0.25, 0.3) is 5.91 Å². The summed E-state index contributed by atoms with van der Waals surface area (Å²) in [6.45, 7) is 4.15. The molecule has 0 atom stereocenters. The van der Waals surface area contributed by atoms with Crippen molar-refractivity contribution < 1.29 is 19.8 Å². The number of nitrogens with zero attached hydrogens (tertiary/aromatic N) is 2. The number of likely N-dealkylation sites (N-methyl/N-ethyl adjacent to an activating group) is 1. The number of rotatable bonds is 1. The number of aromatic hydroxyl groups is 2. The second-order valence-corrected chi connectivity index (χ2v) is 5.44. The van der Waals surface area contributed by atoms with Crippen LogP contribution >= 0.6 is 0 Å². The van der Waals surface area contributed by atoms with Crippen LogP contribution in [-0.2, 0) is 4.79 Å². The average molecular weight is 278 g/mol. The highest BCUT2D eigenvalue weighted by Crippen LogP contribution is 2.28. The van der Waals surface area contributed by atoms with E-state index in [2.05, 4.69) is 0 Å². The average Bonchev–Trinajstić information content (AvgIpc) is 2.38. The van der Waals surface area contributed by atoms with Crippen molar-refractivity contribution in [3.8, 4) is 11.5 Å². The molecule has 0 aliphatic carbocycles. The fourth-order valence-electron chi connectivity index (χ4n) is 2.41. The molecule has 1 saturated heterocycles. The van der Waals surface area contributed by atoms with Crippen LogP contribution in [0.5, 0.6) is 11.5 Å². The van der Waals surface area contributed by atoms with E-state index in [-0.39, 0.29) is 23.0 Å². The first kappa shape index (κ1) is 14.2. The smallest absolute Gasteiger partial charge is 0.258 e. The third-order valence-corrected chi connectivity index (χ3v) is 3.66. The first-order valence-electron chi connectivity index (χ1n) is 6.34. The predicted octanol–water partition coefficient (Wildman–Crippen LogP) is 0.791. The van der Waals surface area contributed by atoms with Crippen molar-refractivity contribution in [2.24, 2.45) is 0 Å². The Hall–Kier alpha value is -2.24. The molecule has 1 aromatic carbocycles. The van der Waals surface area contributed by atoms with Crippen LogP contribution < -0.4 is 0 Å². The normalized spacial score (nSPS) is 18.2. The summed E-state index contributed by atoms with van der Waals surface area (Å²) in [7, 11) is 1.69. The third-order valence-electron chi connectivity index (χ3n) is 3.66. The zero-order valence-corrected chi connectivity index (χ0v) is 11.8. The van der Waals surface area contributed by atoms with Crippen molar-refractivity contribution in [2.75, 3.05) is 20.1 Å². The van der Waals surface area contributed by atoms with Gasteiger partial charge in [0.05, 0.1) is 5.56 Å². The Bertz CT molecular complexity index is 568. The van der Waals surface area contributed by atoms with E-state index in [9.17, 15) is 19.8 Å². The molecule has 1 aromatic rings. The van der Waals surface area contributed by atoms with E-state index in [1.54, 1.807) is 25.8 Å². The van der Waals surface area contributed by atoms with E-state index in [1.807, 2.05) is 0 Å². The molecule has 0 spiro atoms. The second-order valence-electron chi connectivity index (χ2n) is 5.44. The maximum absolute atomic E-state index is 12.5. The molecule has 1 heterocycles. The zero-order valence-electron chi connectivity index (χ0n) is 11.8. The van der Waals surface area contributed by atoms with E-state index < -0.39 is 11.4 Å². The molecular formula is C14H18N2O4. The maximum Gasteiger partial charge on any atom is 0.258 e. The Morgan fingerprint density at radius 2 is 1.90 bits per heavy atom. The van der Waals surface area contributed by atoms with Gasteiger partial charge in [-0.3, -0.25) is 9.59 Å². The lowest BCUT2D eigenvalue weighted by Gasteiger charge is -2.44. The monoisotopic (exact) mass is 278 g/mol. The molecule has 0 saturated carbocycles. The maximum atomic E-state index is 12.5. The molecule has 6 heteroatoms. The van der Waals surface area contributed by atoms with Crippen LogP contribution in [0.3, 0.4) is 0 Å². The van der Waals surface area contributed by atoms with E-state index in [0.29, 0.717) is 13.1 Å². The minimum Gasteiger partial charge on any atom is -0.508 e. The standard InChI is InChI=1S/C14H18N2O4/c1-14(2)13(20)15(3)6-7-16(14)12(19)10-8-9(17)4-5-11(10)18/h4-5,8,17-18H,6-7H2,1-3H3. The fourth-order valence-corrected chi connectivity index (χ4v) is 2.41. The molecular weight excluding hydrogens is 260 g/mol. The summed E-state index contributed by atoms with van der Waals surface area (Å²) in [6.07, 6.45) is 0. The van der Waals surface area contributed by atoms with Crippen LogP contribution in [0.4, 0.5) is 0 Å². The van der Waals surface area contributed by atoms with Gasteiger partial charge in [-0.25, -0.2) is 0 Å². The van der Waals surface area contributed by atoms with Gasteiger partial charge in [-0.15, -0.1) is 0 Å². The van der Waals surface area contributed by atoms with Crippen LogP contribution in [0.2, 0.25) is 0 Å². The SMILES string of the molecule is CN1CCN(C(=O)c2cc(O)ccc2O)C(C)(C)C1=O. The predicted molar refractivity (Wildman–Crippen MR) is 72.5 cm³/mol. The summed E-state index contributed by atoms with van der Waals surface area (Å²) in [5.74, 6) is -0.944. The van der Waals surface area contributed by atoms with Crippen molar-refractivity contribution >= 4 is 11.8 Å². The molecule has 20 heavy (non-hydrogen) atoms. The number of phenolic OH excluding ortho intramolecular Hbond substituents is 2. The Labute approximate surface area is 117 Å². The molecule has 1 fully saturated rings. The molecule has 2 amide bonds. The van der Waals surface area contributed by atoms with Crippen LogP contribution in [-0.4, -0.2) is 57.5 Å². The summed E-state index contributed by atoms with van der Waals surface area (Å²) in [6, 6.07) is 3.76. The van der Waals surface area contributed by atoms with Gasteiger partial charge in [-0.05, 0) is 32.0 Å². The highest BCUT2D eigenvalue weighted by molar-refractivity contribution is 6.01. The molecule has 0 radical (unpaired) electrons. The summed E-state index contributed by atoms with van der Waals surface area (Å²) >= 11 is 0. The van der Waals surface area contributed by atoms with Gasteiger partial charge < -0.3 is 20.0 Å². The van der Waals surface area contributed by atoms with Crippen molar-refractivity contribution in [1.82, 2.24) is 9.80 Å². The van der Waals surface area contributed by atoms with Gasteiger partial charge in [0.2, 0.25) is 5.91 Å². The van der Waals surface area contributed by atoms with Crippen LogP contribution in [0, 0.1) is 0 Å². The lowest BCUT2D eigenvalue weighted by atomic mass is 9.96. The number of amides is 2. The molecule has 6 nitrogen and oxygen atoms in total. The second kappa shape index (κ2) is 4.70. The summed E-state index contributed by atoms with van der Waals surface area (Å²) in [5.41, 5.74) is -0.988. The van der Waals surface area contributed by atoms with Crippen molar-refractivity contribution in [1.29, 1.82) is 0 Å². The van der Waals surface area contributed by atoms with Crippen LogP contribution in [0.25, 0.3) is 0 Å². The van der Waals surface area contributed by atoms with E-state index in [1.165, 1.54) is 23.1 Å². The summed E-state index contributed by atoms with van der Waals surface area (Å²) in [4.78, 5) is 27.7. The zero-order chi connectivity index (χ0) is 15.1. The Morgan fingerprint density at radius 3 is 2.55 bits per heavy atom. The van der Waals surface area contributed by atoms with E-state index >= 15 is 0 Å². The molecule has 2 rings (SSSR count). The lowest BCUT2D eigenvalue weighted by molar-refractivity contribution is -0.144. The van der Waals surface area contributed by atoms with Crippen LogP contribution in [0.15, 0.2) is 18.2 Å². The lowest BCUT2D eigenvalue weighted by Crippen LogP contribution is -2.63. The van der Waals surface area contributed by atoms with Crippen molar-refractivity contribution in [3.63, 3.8) is 0 Å². The van der Waals surface area contributed by atoms with Gasteiger partial charge in [-0.2, -0.15) is 0 Å². The highest BCUT2D eigenvalue weighted by Gasteiger charge is 2.43. The Morgan fingerprint density at radius 1 is 1.25 bits per heavy atom. The molecule has 0 aromatic heterocycles. The minimum atomic E-state index is -0.984. The van der Waals surface area contributed by atoms with Gasteiger partial charge in [0.15, 0.2) is 0 Å². The molecule has 1 aliphatic rings. The number of carbonyl (C=O) groups is 2. The topological polar surface area (TPSA) is 81.1 Å². The minimum absolute atomic E-state index is 0.00423. The van der Waals surface area contributed by atoms with E-state index in [4.69, 9.17) is 0 Å². The Kier molecular flexibility index (Phi) is 3.33. The number of phenols is 2.